The molecule has 2 atom stereocenters. The van der Waals surface area contributed by atoms with Gasteiger partial charge in [0.15, 0.2) is 0 Å². The Bertz CT molecular complexity index is 320. The summed E-state index contributed by atoms with van der Waals surface area (Å²) in [5, 5.41) is 3.33. The lowest BCUT2D eigenvalue weighted by molar-refractivity contribution is 0.124. The van der Waals surface area contributed by atoms with Gasteiger partial charge in [-0.2, -0.15) is 0 Å². The van der Waals surface area contributed by atoms with E-state index in [9.17, 15) is 4.39 Å². The van der Waals surface area contributed by atoms with Crippen LogP contribution in [0.4, 0.5) is 4.39 Å². The minimum atomic E-state index is -0.302. The van der Waals surface area contributed by atoms with Crippen molar-refractivity contribution in [2.75, 3.05) is 13.2 Å². The first-order chi connectivity index (χ1) is 7.63. The molecule has 0 radical (unpaired) electrons. The van der Waals surface area contributed by atoms with E-state index in [1.807, 2.05) is 20.8 Å². The van der Waals surface area contributed by atoms with Gasteiger partial charge in [-0.1, -0.05) is 0 Å². The zero-order valence-electron chi connectivity index (χ0n) is 10.0. The standard InChI is InChI=1S/C12H19FN2O/c1-4-16-8-9(2)15-10(3)11-5-12(13)7-14-6-11/h5-7,9-10,15H,4,8H2,1-3H3. The van der Waals surface area contributed by atoms with Crippen LogP contribution in [0.15, 0.2) is 18.5 Å². The first-order valence-corrected chi connectivity index (χ1v) is 5.57. The fourth-order valence-corrected chi connectivity index (χ4v) is 1.53. The van der Waals surface area contributed by atoms with Gasteiger partial charge in [-0.3, -0.25) is 4.98 Å². The van der Waals surface area contributed by atoms with E-state index in [0.29, 0.717) is 13.2 Å². The highest BCUT2D eigenvalue weighted by molar-refractivity contribution is 5.14. The Balaban J connectivity index is 2.48. The van der Waals surface area contributed by atoms with Gasteiger partial charge in [-0.15, -0.1) is 0 Å². The zero-order chi connectivity index (χ0) is 12.0. The van der Waals surface area contributed by atoms with Crippen molar-refractivity contribution in [1.82, 2.24) is 10.3 Å². The molecule has 0 saturated carbocycles. The van der Waals surface area contributed by atoms with Gasteiger partial charge in [0.1, 0.15) is 5.82 Å². The number of hydrogen-bond donors (Lipinski definition) is 1. The summed E-state index contributed by atoms with van der Waals surface area (Å²) < 4.78 is 18.3. The maximum atomic E-state index is 13.0. The molecule has 1 aromatic rings. The predicted molar refractivity (Wildman–Crippen MR) is 61.7 cm³/mol. The van der Waals surface area contributed by atoms with E-state index >= 15 is 0 Å². The van der Waals surface area contributed by atoms with Crippen LogP contribution < -0.4 is 5.32 Å². The number of halogens is 1. The van der Waals surface area contributed by atoms with Crippen molar-refractivity contribution < 1.29 is 9.13 Å². The largest absolute Gasteiger partial charge is 0.380 e. The van der Waals surface area contributed by atoms with E-state index < -0.39 is 0 Å². The molecule has 0 aliphatic carbocycles. The first-order valence-electron chi connectivity index (χ1n) is 5.57. The molecule has 3 nitrogen and oxygen atoms in total. The third-order valence-electron chi connectivity index (χ3n) is 2.33. The average Bonchev–Trinajstić information content (AvgIpc) is 2.26. The SMILES string of the molecule is CCOCC(C)NC(C)c1cncc(F)c1. The van der Waals surface area contributed by atoms with E-state index in [0.717, 1.165) is 5.56 Å². The van der Waals surface area contributed by atoms with E-state index in [1.54, 1.807) is 6.20 Å². The van der Waals surface area contributed by atoms with Gasteiger partial charge in [0.25, 0.3) is 0 Å². The molecule has 1 aromatic heterocycles. The van der Waals surface area contributed by atoms with Crippen molar-refractivity contribution in [3.8, 4) is 0 Å². The minimum Gasteiger partial charge on any atom is -0.380 e. The van der Waals surface area contributed by atoms with Crippen molar-refractivity contribution in [3.63, 3.8) is 0 Å². The lowest BCUT2D eigenvalue weighted by Crippen LogP contribution is -2.32. The fraction of sp³-hybridized carbons (Fsp3) is 0.583. The summed E-state index contributed by atoms with van der Waals surface area (Å²) in [5.74, 6) is -0.302. The van der Waals surface area contributed by atoms with Crippen LogP contribution >= 0.6 is 0 Å². The Morgan fingerprint density at radius 1 is 1.44 bits per heavy atom. The Morgan fingerprint density at radius 2 is 2.19 bits per heavy atom. The highest BCUT2D eigenvalue weighted by Gasteiger charge is 2.10. The highest BCUT2D eigenvalue weighted by Crippen LogP contribution is 2.12. The molecule has 0 aliphatic rings. The minimum absolute atomic E-state index is 0.0682. The molecule has 1 N–H and O–H groups in total. The molecule has 0 aliphatic heterocycles. The lowest BCUT2D eigenvalue weighted by Gasteiger charge is -2.19. The summed E-state index contributed by atoms with van der Waals surface area (Å²) in [4.78, 5) is 3.83. The van der Waals surface area contributed by atoms with Gasteiger partial charge in [-0.25, -0.2) is 4.39 Å². The summed E-state index contributed by atoms with van der Waals surface area (Å²) in [7, 11) is 0. The number of pyridine rings is 1. The van der Waals surface area contributed by atoms with Gasteiger partial charge >= 0.3 is 0 Å². The van der Waals surface area contributed by atoms with Gasteiger partial charge < -0.3 is 10.1 Å². The Kier molecular flexibility index (Phi) is 5.35. The first kappa shape index (κ1) is 13.1. The Morgan fingerprint density at radius 3 is 2.81 bits per heavy atom. The molecular formula is C12H19FN2O. The number of rotatable bonds is 6. The molecule has 0 saturated heterocycles. The highest BCUT2D eigenvalue weighted by atomic mass is 19.1. The maximum Gasteiger partial charge on any atom is 0.141 e. The average molecular weight is 226 g/mol. The molecule has 2 unspecified atom stereocenters. The second-order valence-corrected chi connectivity index (χ2v) is 3.89. The molecule has 0 aromatic carbocycles. The zero-order valence-corrected chi connectivity index (χ0v) is 10.0. The number of nitrogens with zero attached hydrogens (tertiary/aromatic N) is 1. The third kappa shape index (κ3) is 4.24. The van der Waals surface area contributed by atoms with E-state index in [4.69, 9.17) is 4.74 Å². The summed E-state index contributed by atoms with van der Waals surface area (Å²) in [6, 6.07) is 1.80. The molecule has 1 rings (SSSR count). The summed E-state index contributed by atoms with van der Waals surface area (Å²) in [6.07, 6.45) is 2.88. The molecule has 0 amide bonds. The van der Waals surface area contributed by atoms with E-state index in [1.165, 1.54) is 12.3 Å². The van der Waals surface area contributed by atoms with Crippen LogP contribution in [0.3, 0.4) is 0 Å². The molecule has 1 heterocycles. The second kappa shape index (κ2) is 6.55. The topological polar surface area (TPSA) is 34.1 Å². The summed E-state index contributed by atoms with van der Waals surface area (Å²) >= 11 is 0. The second-order valence-electron chi connectivity index (χ2n) is 3.89. The molecule has 4 heteroatoms. The third-order valence-corrected chi connectivity index (χ3v) is 2.33. The maximum absolute atomic E-state index is 13.0. The van der Waals surface area contributed by atoms with Crippen LogP contribution in [0, 0.1) is 5.82 Å². The van der Waals surface area contributed by atoms with Crippen molar-refractivity contribution in [3.05, 3.63) is 29.8 Å². The number of nitrogens with one attached hydrogen (secondary N) is 1. The van der Waals surface area contributed by atoms with Crippen molar-refractivity contribution in [2.24, 2.45) is 0 Å². The number of hydrogen-bond acceptors (Lipinski definition) is 3. The monoisotopic (exact) mass is 226 g/mol. The number of ether oxygens (including phenoxy) is 1. The normalized spacial score (nSPS) is 14.8. The number of aromatic nitrogens is 1. The Labute approximate surface area is 96.0 Å². The quantitative estimate of drug-likeness (QED) is 0.808. The van der Waals surface area contributed by atoms with Crippen molar-refractivity contribution in [1.29, 1.82) is 0 Å². The van der Waals surface area contributed by atoms with Crippen LogP contribution in [0.2, 0.25) is 0 Å². The lowest BCUT2D eigenvalue weighted by atomic mass is 10.1. The smallest absolute Gasteiger partial charge is 0.141 e. The molecule has 90 valence electrons. The molecule has 0 fully saturated rings. The van der Waals surface area contributed by atoms with E-state index in [-0.39, 0.29) is 17.9 Å². The molecule has 0 spiro atoms. The van der Waals surface area contributed by atoms with Crippen molar-refractivity contribution >= 4 is 0 Å². The molecule has 16 heavy (non-hydrogen) atoms. The summed E-state index contributed by atoms with van der Waals surface area (Å²) in [6.45, 7) is 7.36. The van der Waals surface area contributed by atoms with Gasteiger partial charge in [-0.05, 0) is 32.4 Å². The van der Waals surface area contributed by atoms with Crippen LogP contribution in [-0.2, 0) is 4.74 Å². The molecule has 0 bridgehead atoms. The predicted octanol–water partition coefficient (Wildman–Crippen LogP) is 2.30. The van der Waals surface area contributed by atoms with Crippen LogP contribution in [0.1, 0.15) is 32.4 Å². The van der Waals surface area contributed by atoms with Gasteiger partial charge in [0.05, 0.1) is 12.8 Å². The van der Waals surface area contributed by atoms with Crippen LogP contribution in [0.5, 0.6) is 0 Å². The summed E-state index contributed by atoms with van der Waals surface area (Å²) in [5.41, 5.74) is 0.850. The van der Waals surface area contributed by atoms with E-state index in [2.05, 4.69) is 10.3 Å². The van der Waals surface area contributed by atoms with Crippen molar-refractivity contribution in [2.45, 2.75) is 32.9 Å². The van der Waals surface area contributed by atoms with Crippen LogP contribution in [0.25, 0.3) is 0 Å². The van der Waals surface area contributed by atoms with Gasteiger partial charge in [0, 0.05) is 24.9 Å². The van der Waals surface area contributed by atoms with Crippen LogP contribution in [-0.4, -0.2) is 24.2 Å². The Hall–Kier alpha value is -1.00. The molecular weight excluding hydrogens is 207 g/mol. The fourth-order valence-electron chi connectivity index (χ4n) is 1.53. The van der Waals surface area contributed by atoms with Gasteiger partial charge in [0.2, 0.25) is 0 Å².